The lowest BCUT2D eigenvalue weighted by Gasteiger charge is -2.12. The Morgan fingerprint density at radius 3 is 2.57 bits per heavy atom. The van der Waals surface area contributed by atoms with E-state index in [1.165, 1.54) is 0 Å². The van der Waals surface area contributed by atoms with E-state index in [2.05, 4.69) is 15.9 Å². The van der Waals surface area contributed by atoms with E-state index in [0.717, 1.165) is 25.7 Å². The van der Waals surface area contributed by atoms with Crippen molar-refractivity contribution in [1.82, 2.24) is 0 Å². The third-order valence-electron chi connectivity index (χ3n) is 2.94. The van der Waals surface area contributed by atoms with Gasteiger partial charge >= 0.3 is 0 Å². The Labute approximate surface area is 142 Å². The van der Waals surface area contributed by atoms with Gasteiger partial charge in [0.25, 0.3) is 0 Å². The first kappa shape index (κ1) is 16.7. The van der Waals surface area contributed by atoms with Crippen LogP contribution in [0.3, 0.4) is 0 Å². The molecule has 1 N–H and O–H groups in total. The molecule has 2 aromatic carbocycles. The Kier molecular flexibility index (Phi) is 6.42. The lowest BCUT2D eigenvalue weighted by atomic mass is 10.1. The van der Waals surface area contributed by atoms with Gasteiger partial charge in [-0.05, 0) is 64.3 Å². The maximum atomic E-state index is 10.1. The molecular weight excluding hydrogens is 372 g/mol. The molecule has 2 aromatic rings. The highest BCUT2D eigenvalue weighted by atomic mass is 79.9. The molecule has 0 aliphatic heterocycles. The fraction of sp³-hybridized carbons (Fsp3) is 0.250. The van der Waals surface area contributed by atoms with E-state index in [4.69, 9.17) is 16.3 Å². The van der Waals surface area contributed by atoms with Gasteiger partial charge < -0.3 is 9.84 Å². The first-order valence-corrected chi connectivity index (χ1v) is 8.63. The first-order valence-electron chi connectivity index (χ1n) is 6.47. The predicted molar refractivity (Wildman–Crippen MR) is 92.6 cm³/mol. The van der Waals surface area contributed by atoms with Crippen molar-refractivity contribution >= 4 is 39.3 Å². The summed E-state index contributed by atoms with van der Waals surface area (Å²) in [7, 11) is 1.64. The monoisotopic (exact) mass is 386 g/mol. The number of ether oxygens (including phenoxy) is 1. The number of thioether (sulfide) groups is 1. The molecule has 112 valence electrons. The van der Waals surface area contributed by atoms with Gasteiger partial charge in [0.15, 0.2) is 0 Å². The Morgan fingerprint density at radius 2 is 1.95 bits per heavy atom. The second-order valence-electron chi connectivity index (χ2n) is 4.59. The molecule has 0 heterocycles. The van der Waals surface area contributed by atoms with Crippen molar-refractivity contribution in [2.45, 2.75) is 17.4 Å². The van der Waals surface area contributed by atoms with Crippen LogP contribution in [0.5, 0.6) is 5.75 Å². The van der Waals surface area contributed by atoms with Gasteiger partial charge in [0.1, 0.15) is 5.75 Å². The first-order chi connectivity index (χ1) is 10.1. The Balaban J connectivity index is 1.88. The Hall–Kier alpha value is -0.680. The number of halogens is 2. The van der Waals surface area contributed by atoms with E-state index in [-0.39, 0.29) is 0 Å². The number of benzene rings is 2. The molecule has 0 amide bonds. The van der Waals surface area contributed by atoms with Gasteiger partial charge in [-0.3, -0.25) is 0 Å². The van der Waals surface area contributed by atoms with Crippen LogP contribution in [0.2, 0.25) is 5.02 Å². The molecule has 0 saturated heterocycles. The van der Waals surface area contributed by atoms with Crippen molar-refractivity contribution in [2.75, 3.05) is 12.9 Å². The summed E-state index contributed by atoms with van der Waals surface area (Å²) in [5.41, 5.74) is 1.08. The minimum absolute atomic E-state index is 0.397. The van der Waals surface area contributed by atoms with Crippen LogP contribution >= 0.6 is 39.3 Å². The second kappa shape index (κ2) is 8.08. The minimum Gasteiger partial charge on any atom is -0.496 e. The zero-order chi connectivity index (χ0) is 15.2. The van der Waals surface area contributed by atoms with Crippen molar-refractivity contribution in [3.63, 3.8) is 0 Å². The van der Waals surface area contributed by atoms with Gasteiger partial charge in [-0.15, -0.1) is 11.8 Å². The normalized spacial score (nSPS) is 12.2. The van der Waals surface area contributed by atoms with E-state index in [0.29, 0.717) is 12.2 Å². The molecule has 1 unspecified atom stereocenters. The van der Waals surface area contributed by atoms with E-state index in [1.807, 2.05) is 42.5 Å². The molecule has 2 rings (SSSR count). The van der Waals surface area contributed by atoms with Crippen molar-refractivity contribution < 1.29 is 9.84 Å². The van der Waals surface area contributed by atoms with Gasteiger partial charge in [-0.1, -0.05) is 17.7 Å². The second-order valence-corrected chi connectivity index (χ2v) is 6.98. The van der Waals surface area contributed by atoms with Crippen molar-refractivity contribution in [1.29, 1.82) is 0 Å². The minimum atomic E-state index is -0.397. The number of rotatable bonds is 6. The molecule has 1 atom stereocenters. The van der Waals surface area contributed by atoms with Crippen LogP contribution in [0.15, 0.2) is 51.8 Å². The molecule has 0 saturated carbocycles. The van der Waals surface area contributed by atoms with Gasteiger partial charge in [0.2, 0.25) is 0 Å². The van der Waals surface area contributed by atoms with Crippen LogP contribution in [0, 0.1) is 0 Å². The number of aliphatic hydroxyl groups is 1. The fourth-order valence-corrected chi connectivity index (χ4v) is 3.44. The summed E-state index contributed by atoms with van der Waals surface area (Å²) < 4.78 is 6.10. The van der Waals surface area contributed by atoms with Crippen LogP contribution in [0.25, 0.3) is 0 Å². The third-order valence-corrected chi connectivity index (χ3v) is 4.97. The molecule has 21 heavy (non-hydrogen) atoms. The summed E-state index contributed by atoms with van der Waals surface area (Å²) in [6.07, 6.45) is 0.217. The lowest BCUT2D eigenvalue weighted by molar-refractivity contribution is 0.200. The van der Waals surface area contributed by atoms with Crippen LogP contribution in [0.4, 0.5) is 0 Å². The standard InChI is InChI=1S/C16H16BrClO2S/c1-20-16-7-2-11(9-15(16)17)8-13(19)10-21-14-5-3-12(18)4-6-14/h2-7,9,13,19H,8,10H2,1H3. The van der Waals surface area contributed by atoms with Gasteiger partial charge in [-0.25, -0.2) is 0 Å². The van der Waals surface area contributed by atoms with Crippen LogP contribution in [-0.2, 0) is 6.42 Å². The largest absolute Gasteiger partial charge is 0.496 e. The van der Waals surface area contributed by atoms with E-state index < -0.39 is 6.10 Å². The molecular formula is C16H16BrClO2S. The van der Waals surface area contributed by atoms with E-state index in [1.54, 1.807) is 18.9 Å². The fourth-order valence-electron chi connectivity index (χ4n) is 1.89. The quantitative estimate of drug-likeness (QED) is 0.722. The molecule has 0 aliphatic rings. The number of aliphatic hydroxyl groups excluding tert-OH is 1. The van der Waals surface area contributed by atoms with Crippen LogP contribution in [0.1, 0.15) is 5.56 Å². The zero-order valence-corrected chi connectivity index (χ0v) is 14.7. The van der Waals surface area contributed by atoms with Gasteiger partial charge in [0.05, 0.1) is 17.7 Å². The molecule has 0 radical (unpaired) electrons. The zero-order valence-electron chi connectivity index (χ0n) is 11.6. The van der Waals surface area contributed by atoms with Crippen LogP contribution < -0.4 is 4.74 Å². The van der Waals surface area contributed by atoms with Gasteiger partial charge in [-0.2, -0.15) is 0 Å². The smallest absolute Gasteiger partial charge is 0.133 e. The van der Waals surface area contributed by atoms with Crippen molar-refractivity contribution in [2.24, 2.45) is 0 Å². The summed E-state index contributed by atoms with van der Waals surface area (Å²) in [5.74, 6) is 1.44. The molecule has 5 heteroatoms. The van der Waals surface area contributed by atoms with Crippen molar-refractivity contribution in [3.05, 3.63) is 57.5 Å². The highest BCUT2D eigenvalue weighted by Crippen LogP contribution is 2.27. The molecule has 0 aliphatic carbocycles. The molecule has 0 fully saturated rings. The Bertz CT molecular complexity index is 589. The topological polar surface area (TPSA) is 29.5 Å². The summed E-state index contributed by atoms with van der Waals surface area (Å²) in [6, 6.07) is 13.5. The summed E-state index contributed by atoms with van der Waals surface area (Å²) in [4.78, 5) is 1.11. The third kappa shape index (κ3) is 5.22. The number of hydrogen-bond donors (Lipinski definition) is 1. The lowest BCUT2D eigenvalue weighted by Crippen LogP contribution is -2.13. The highest BCUT2D eigenvalue weighted by molar-refractivity contribution is 9.10. The highest BCUT2D eigenvalue weighted by Gasteiger charge is 2.09. The summed E-state index contributed by atoms with van der Waals surface area (Å²) in [5, 5.41) is 10.9. The number of methoxy groups -OCH3 is 1. The van der Waals surface area contributed by atoms with E-state index in [9.17, 15) is 5.11 Å². The summed E-state index contributed by atoms with van der Waals surface area (Å²) in [6.45, 7) is 0. The molecule has 2 nitrogen and oxygen atoms in total. The van der Waals surface area contributed by atoms with Crippen molar-refractivity contribution in [3.8, 4) is 5.75 Å². The predicted octanol–water partition coefficient (Wildman–Crippen LogP) is 4.81. The van der Waals surface area contributed by atoms with E-state index >= 15 is 0 Å². The summed E-state index contributed by atoms with van der Waals surface area (Å²) >= 11 is 10.9. The average Bonchev–Trinajstić information content (AvgIpc) is 2.47. The molecule has 0 spiro atoms. The SMILES string of the molecule is COc1ccc(CC(O)CSc2ccc(Cl)cc2)cc1Br. The average molecular weight is 388 g/mol. The molecule has 0 aromatic heterocycles. The maximum Gasteiger partial charge on any atom is 0.133 e. The molecule has 0 bridgehead atoms. The maximum absolute atomic E-state index is 10.1. The van der Waals surface area contributed by atoms with Crippen LogP contribution in [-0.4, -0.2) is 24.1 Å². The van der Waals surface area contributed by atoms with Gasteiger partial charge in [0, 0.05) is 15.7 Å². The number of hydrogen-bond acceptors (Lipinski definition) is 3. The Morgan fingerprint density at radius 1 is 1.24 bits per heavy atom.